The summed E-state index contributed by atoms with van der Waals surface area (Å²) in [5.74, 6) is 0.0292. The van der Waals surface area contributed by atoms with Crippen LogP contribution >= 0.6 is 0 Å². The Hall–Kier alpha value is -3.35. The van der Waals surface area contributed by atoms with Crippen LogP contribution < -0.4 is 10.1 Å². The number of fused-ring (bicyclic) bond motifs is 1. The van der Waals surface area contributed by atoms with Gasteiger partial charge >= 0.3 is 5.97 Å². The van der Waals surface area contributed by atoms with Crippen LogP contribution in [0.4, 0.5) is 11.5 Å². The number of aromatic nitrogens is 3. The zero-order valence-corrected chi connectivity index (χ0v) is 15.7. The molecule has 0 unspecified atom stereocenters. The van der Waals surface area contributed by atoms with Crippen molar-refractivity contribution in [1.29, 1.82) is 0 Å². The first-order chi connectivity index (χ1) is 13.6. The highest BCUT2D eigenvalue weighted by molar-refractivity contribution is 5.91. The molecule has 0 radical (unpaired) electrons. The Kier molecular flexibility index (Phi) is 4.97. The minimum Gasteiger partial charge on any atom is -0.497 e. The number of nitrogens with one attached hydrogen (secondary N) is 1. The van der Waals surface area contributed by atoms with Gasteiger partial charge in [0, 0.05) is 5.69 Å². The van der Waals surface area contributed by atoms with Crippen molar-refractivity contribution in [3.8, 4) is 5.75 Å². The van der Waals surface area contributed by atoms with Gasteiger partial charge in [-0.05, 0) is 66.6 Å². The Morgan fingerprint density at radius 3 is 2.61 bits per heavy atom. The molecule has 1 aliphatic carbocycles. The minimum absolute atomic E-state index is 0.0915. The van der Waals surface area contributed by atoms with Gasteiger partial charge in [0.25, 0.3) is 0 Å². The fraction of sp³-hybridized carbons (Fsp3) is 0.286. The minimum atomic E-state index is -1.11. The molecule has 144 valence electrons. The predicted octanol–water partition coefficient (Wildman–Crippen LogP) is 3.66. The number of aryl methyl sites for hydroxylation is 2. The second kappa shape index (κ2) is 7.72. The van der Waals surface area contributed by atoms with Crippen LogP contribution in [0.2, 0.25) is 0 Å². The summed E-state index contributed by atoms with van der Waals surface area (Å²) in [5.41, 5.74) is 4.42. The number of ether oxygens (including phenoxy) is 1. The Balaban J connectivity index is 1.63. The van der Waals surface area contributed by atoms with Gasteiger partial charge in [-0.2, -0.15) is 0 Å². The van der Waals surface area contributed by atoms with E-state index in [0.29, 0.717) is 12.4 Å². The summed E-state index contributed by atoms with van der Waals surface area (Å²) in [7, 11) is 1.62. The third-order valence-corrected chi connectivity index (χ3v) is 5.04. The van der Waals surface area contributed by atoms with Gasteiger partial charge in [0.15, 0.2) is 5.82 Å². The van der Waals surface area contributed by atoms with Crippen LogP contribution in [0.1, 0.15) is 40.0 Å². The number of carbonyl (C=O) groups is 1. The summed E-state index contributed by atoms with van der Waals surface area (Å²) in [6.07, 6.45) is 4.57. The van der Waals surface area contributed by atoms with Crippen LogP contribution in [0.25, 0.3) is 0 Å². The van der Waals surface area contributed by atoms with Crippen LogP contribution in [0.5, 0.6) is 5.75 Å². The molecule has 0 amide bonds. The summed E-state index contributed by atoms with van der Waals surface area (Å²) >= 11 is 0. The maximum atomic E-state index is 11.6. The molecular weight excluding hydrogens is 356 g/mol. The van der Waals surface area contributed by atoms with Crippen molar-refractivity contribution in [2.24, 2.45) is 0 Å². The Bertz CT molecular complexity index is 995. The van der Waals surface area contributed by atoms with Crippen LogP contribution in [0, 0.1) is 0 Å². The molecule has 1 heterocycles. The fourth-order valence-corrected chi connectivity index (χ4v) is 3.54. The zero-order chi connectivity index (χ0) is 19.5. The van der Waals surface area contributed by atoms with Crippen LogP contribution in [0.3, 0.4) is 0 Å². The molecule has 4 rings (SSSR count). The summed E-state index contributed by atoms with van der Waals surface area (Å²) in [6.45, 7) is 0.400. The number of rotatable bonds is 6. The lowest BCUT2D eigenvalue weighted by atomic mass is 9.91. The number of hydrogen-bond donors (Lipinski definition) is 2. The van der Waals surface area contributed by atoms with Gasteiger partial charge in [0.1, 0.15) is 5.75 Å². The van der Waals surface area contributed by atoms with Crippen LogP contribution in [-0.4, -0.2) is 33.2 Å². The molecule has 7 nitrogen and oxygen atoms in total. The quantitative estimate of drug-likeness (QED) is 0.680. The highest BCUT2D eigenvalue weighted by Gasteiger charge is 2.20. The Morgan fingerprint density at radius 2 is 1.89 bits per heavy atom. The van der Waals surface area contributed by atoms with E-state index < -0.39 is 5.97 Å². The largest absolute Gasteiger partial charge is 0.497 e. The monoisotopic (exact) mass is 378 g/mol. The topological polar surface area (TPSA) is 89.3 Å². The number of benzene rings is 2. The van der Waals surface area contributed by atoms with E-state index in [2.05, 4.69) is 27.8 Å². The molecule has 7 heteroatoms. The molecule has 28 heavy (non-hydrogen) atoms. The van der Waals surface area contributed by atoms with Crippen molar-refractivity contribution < 1.29 is 14.6 Å². The van der Waals surface area contributed by atoms with Crippen molar-refractivity contribution in [3.63, 3.8) is 0 Å². The maximum absolute atomic E-state index is 11.6. The molecule has 0 aliphatic heterocycles. The van der Waals surface area contributed by atoms with Crippen LogP contribution in [-0.2, 0) is 19.4 Å². The second-order valence-electron chi connectivity index (χ2n) is 6.91. The number of carboxylic acid groups (broad SMARTS) is 1. The van der Waals surface area contributed by atoms with Gasteiger partial charge in [-0.3, -0.25) is 0 Å². The standard InChI is InChI=1S/C21H22N4O3/c1-28-18-10-6-14(7-11-18)13-25-20(19(21(26)27)23-24-25)22-17-9-8-15-4-2-3-5-16(15)12-17/h6-12,22H,2-5,13H2,1H3,(H,26,27). The van der Waals surface area contributed by atoms with E-state index in [-0.39, 0.29) is 5.69 Å². The van der Waals surface area contributed by atoms with E-state index in [0.717, 1.165) is 29.8 Å². The van der Waals surface area contributed by atoms with Gasteiger partial charge in [-0.15, -0.1) is 5.10 Å². The number of nitrogens with zero attached hydrogens (tertiary/aromatic N) is 3. The first-order valence-corrected chi connectivity index (χ1v) is 9.32. The fourth-order valence-electron chi connectivity index (χ4n) is 3.54. The maximum Gasteiger partial charge on any atom is 0.360 e. The molecule has 2 aromatic carbocycles. The van der Waals surface area contributed by atoms with Crippen LogP contribution in [0.15, 0.2) is 42.5 Å². The molecular formula is C21H22N4O3. The summed E-state index contributed by atoms with van der Waals surface area (Å²) < 4.78 is 6.75. The van der Waals surface area contributed by atoms with Gasteiger partial charge in [-0.25, -0.2) is 9.48 Å². The lowest BCUT2D eigenvalue weighted by Crippen LogP contribution is -2.10. The van der Waals surface area contributed by atoms with E-state index in [1.165, 1.54) is 24.0 Å². The number of aromatic carboxylic acids is 1. The van der Waals surface area contributed by atoms with Gasteiger partial charge in [0.2, 0.25) is 5.69 Å². The first kappa shape index (κ1) is 18.0. The van der Waals surface area contributed by atoms with E-state index in [1.807, 2.05) is 30.3 Å². The number of hydrogen-bond acceptors (Lipinski definition) is 5. The SMILES string of the molecule is COc1ccc(Cn2nnc(C(=O)O)c2Nc2ccc3c(c2)CCCC3)cc1. The van der Waals surface area contributed by atoms with Crippen molar-refractivity contribution in [3.05, 3.63) is 64.8 Å². The zero-order valence-electron chi connectivity index (χ0n) is 15.7. The highest BCUT2D eigenvalue weighted by atomic mass is 16.5. The van der Waals surface area contributed by atoms with Gasteiger partial charge in [-0.1, -0.05) is 23.4 Å². The summed E-state index contributed by atoms with van der Waals surface area (Å²) in [5, 5.41) is 20.6. The summed E-state index contributed by atoms with van der Waals surface area (Å²) in [4.78, 5) is 11.6. The van der Waals surface area contributed by atoms with Crippen molar-refractivity contribution in [1.82, 2.24) is 15.0 Å². The van der Waals surface area contributed by atoms with E-state index in [4.69, 9.17) is 4.74 Å². The Morgan fingerprint density at radius 1 is 1.14 bits per heavy atom. The molecule has 2 N–H and O–H groups in total. The van der Waals surface area contributed by atoms with E-state index >= 15 is 0 Å². The molecule has 0 saturated heterocycles. The van der Waals surface area contributed by atoms with E-state index in [1.54, 1.807) is 11.8 Å². The lowest BCUT2D eigenvalue weighted by Gasteiger charge is -2.17. The average Bonchev–Trinajstić information content (AvgIpc) is 3.11. The average molecular weight is 378 g/mol. The molecule has 3 aromatic rings. The second-order valence-corrected chi connectivity index (χ2v) is 6.91. The first-order valence-electron chi connectivity index (χ1n) is 9.32. The molecule has 0 saturated carbocycles. The Labute approximate surface area is 163 Å². The molecule has 0 spiro atoms. The predicted molar refractivity (Wildman–Crippen MR) is 105 cm³/mol. The van der Waals surface area contributed by atoms with E-state index in [9.17, 15) is 9.90 Å². The molecule has 0 bridgehead atoms. The van der Waals surface area contributed by atoms with Gasteiger partial charge in [0.05, 0.1) is 13.7 Å². The van der Waals surface area contributed by atoms with Crippen molar-refractivity contribution in [2.75, 3.05) is 12.4 Å². The highest BCUT2D eigenvalue weighted by Crippen LogP contribution is 2.27. The third kappa shape index (κ3) is 3.69. The lowest BCUT2D eigenvalue weighted by molar-refractivity contribution is 0.0691. The number of methoxy groups -OCH3 is 1. The third-order valence-electron chi connectivity index (χ3n) is 5.04. The molecule has 1 aromatic heterocycles. The number of carboxylic acids is 1. The number of anilines is 2. The van der Waals surface area contributed by atoms with Gasteiger partial charge < -0.3 is 15.2 Å². The molecule has 0 atom stereocenters. The molecule has 0 fully saturated rings. The smallest absolute Gasteiger partial charge is 0.360 e. The summed E-state index contributed by atoms with van der Waals surface area (Å²) in [6, 6.07) is 13.8. The molecule has 1 aliphatic rings. The normalized spacial score (nSPS) is 13.0. The van der Waals surface area contributed by atoms with Crippen molar-refractivity contribution in [2.45, 2.75) is 32.2 Å². The van der Waals surface area contributed by atoms with Crippen molar-refractivity contribution >= 4 is 17.5 Å².